The van der Waals surface area contributed by atoms with Crippen LogP contribution in [0, 0.1) is 10.8 Å². The van der Waals surface area contributed by atoms with Crippen LogP contribution in [0.15, 0.2) is 89.3 Å². The summed E-state index contributed by atoms with van der Waals surface area (Å²) in [5.74, 6) is -0.870. The summed E-state index contributed by atoms with van der Waals surface area (Å²) in [6.45, 7) is 8.67. The van der Waals surface area contributed by atoms with Crippen molar-refractivity contribution in [2.45, 2.75) is 65.8 Å². The molecule has 2 aliphatic carbocycles. The molecule has 3 aromatic rings. The Morgan fingerprint density at radius 3 is 1.87 bits per heavy atom. The fraction of sp³-hybridized carbons (Fsp3) is 0.342. The lowest BCUT2D eigenvalue weighted by atomic mass is 9.63. The van der Waals surface area contributed by atoms with Gasteiger partial charge >= 0.3 is 0 Å². The third kappa shape index (κ3) is 6.87. The normalized spacial score (nSPS) is 19.0. The topological polar surface area (TPSA) is 75.7 Å². The minimum absolute atomic E-state index is 0.0207. The van der Waals surface area contributed by atoms with Crippen molar-refractivity contribution in [3.05, 3.63) is 115 Å². The Bertz CT molecular complexity index is 1770. The largest absolute Gasteiger partial charge is 0.481 e. The zero-order valence-corrected chi connectivity index (χ0v) is 29.2. The van der Waals surface area contributed by atoms with E-state index in [9.17, 15) is 14.4 Å². The lowest BCUT2D eigenvalue weighted by Crippen LogP contribution is -2.44. The minimum Gasteiger partial charge on any atom is -0.481 e. The fourth-order valence-electron chi connectivity index (χ4n) is 7.11. The Morgan fingerprint density at radius 1 is 0.787 bits per heavy atom. The molecule has 1 amide bonds. The molecule has 244 valence electrons. The number of anilines is 1. The summed E-state index contributed by atoms with van der Waals surface area (Å²) >= 11 is 19.8. The highest BCUT2D eigenvalue weighted by atomic mass is 35.5. The van der Waals surface area contributed by atoms with Crippen molar-refractivity contribution in [2.24, 2.45) is 10.8 Å². The van der Waals surface area contributed by atoms with Crippen molar-refractivity contribution in [2.75, 3.05) is 11.9 Å². The van der Waals surface area contributed by atoms with Gasteiger partial charge in [0.2, 0.25) is 0 Å². The van der Waals surface area contributed by atoms with Gasteiger partial charge in [0.25, 0.3) is 5.91 Å². The van der Waals surface area contributed by atoms with Crippen molar-refractivity contribution in [3.63, 3.8) is 0 Å². The minimum atomic E-state index is -0.619. The summed E-state index contributed by atoms with van der Waals surface area (Å²) in [6.07, 6.45) is 2.11. The summed E-state index contributed by atoms with van der Waals surface area (Å²) in [5.41, 5.74) is 4.87. The van der Waals surface area contributed by atoms with Crippen LogP contribution < -0.4 is 10.1 Å². The molecule has 0 saturated heterocycles. The van der Waals surface area contributed by atoms with E-state index in [1.54, 1.807) is 36.4 Å². The lowest BCUT2D eigenvalue weighted by Gasteiger charge is -2.49. The van der Waals surface area contributed by atoms with Gasteiger partial charge in [-0.2, -0.15) is 0 Å². The van der Waals surface area contributed by atoms with Crippen LogP contribution >= 0.6 is 34.8 Å². The second-order valence-corrected chi connectivity index (χ2v) is 15.5. The number of benzene rings is 3. The molecule has 1 heterocycles. The number of nitrogens with one attached hydrogen (secondary N) is 1. The van der Waals surface area contributed by atoms with E-state index >= 15 is 0 Å². The molecule has 1 N–H and O–H groups in total. The quantitative estimate of drug-likeness (QED) is 0.267. The number of rotatable bonds is 7. The average molecular weight is 692 g/mol. The first-order chi connectivity index (χ1) is 22.2. The molecule has 1 aliphatic heterocycles. The predicted octanol–water partition coefficient (Wildman–Crippen LogP) is 9.55. The average Bonchev–Trinajstić information content (AvgIpc) is 2.98. The van der Waals surface area contributed by atoms with E-state index in [2.05, 4.69) is 50.0 Å². The van der Waals surface area contributed by atoms with Gasteiger partial charge in [-0.15, -0.1) is 0 Å². The number of hydrogen-bond acceptors (Lipinski definition) is 5. The number of allylic oxidation sites excluding steroid dienone is 4. The number of carbonyl (C=O) groups is 3. The first-order valence-corrected chi connectivity index (χ1v) is 16.9. The summed E-state index contributed by atoms with van der Waals surface area (Å²) in [5, 5.41) is 3.48. The van der Waals surface area contributed by atoms with Crippen molar-refractivity contribution in [1.29, 1.82) is 0 Å². The van der Waals surface area contributed by atoms with Gasteiger partial charge in [-0.1, -0.05) is 105 Å². The molecule has 0 aromatic heterocycles. The molecule has 3 aliphatic rings. The van der Waals surface area contributed by atoms with Crippen LogP contribution in [-0.4, -0.2) is 29.0 Å². The first kappa shape index (κ1) is 33.3. The Morgan fingerprint density at radius 2 is 1.32 bits per heavy atom. The third-order valence-electron chi connectivity index (χ3n) is 9.05. The summed E-state index contributed by atoms with van der Waals surface area (Å²) in [4.78, 5) is 43.2. The predicted molar refractivity (Wildman–Crippen MR) is 187 cm³/mol. The van der Waals surface area contributed by atoms with Crippen molar-refractivity contribution >= 4 is 58.0 Å². The maximum atomic E-state index is 14.2. The number of ketones is 2. The molecule has 0 saturated carbocycles. The highest BCUT2D eigenvalue weighted by molar-refractivity contribution is 6.37. The van der Waals surface area contributed by atoms with Gasteiger partial charge in [0, 0.05) is 47.8 Å². The Hall–Kier alpha value is -3.58. The van der Waals surface area contributed by atoms with Crippen LogP contribution in [0.2, 0.25) is 15.1 Å². The van der Waals surface area contributed by atoms with E-state index in [0.29, 0.717) is 59.6 Å². The third-order valence-corrected chi connectivity index (χ3v) is 9.95. The molecule has 0 fully saturated rings. The highest BCUT2D eigenvalue weighted by Gasteiger charge is 2.49. The van der Waals surface area contributed by atoms with Crippen molar-refractivity contribution in [3.8, 4) is 5.75 Å². The Balaban J connectivity index is 1.41. The highest BCUT2D eigenvalue weighted by Crippen LogP contribution is 2.55. The standard InChI is InChI=1S/C38H37Cl3N2O4/c1-37(2)16-28-34(30(44)18-37)33(35-29(17-38(3,4)19-31(35)45)43(28)20-22-10-6-5-7-11-22)23-14-25(40)36(26(41)15-23)47-21-32(46)42-27-13-9-8-12-24(27)39/h5-15,33H,16-21H2,1-4H3,(H,42,46). The molecule has 0 spiro atoms. The van der Waals surface area contributed by atoms with Gasteiger partial charge in [0.05, 0.1) is 20.8 Å². The SMILES string of the molecule is CC1(C)CC(=O)C2=C(C1)N(Cc1ccccc1)C1=C(C(=O)CC(C)(C)C1)C2c1cc(Cl)c(OCC(=O)Nc2ccccc2Cl)c(Cl)c1. The van der Waals surface area contributed by atoms with Gasteiger partial charge in [0.1, 0.15) is 0 Å². The molecule has 3 aromatic carbocycles. The molecule has 0 bridgehead atoms. The number of nitrogens with zero attached hydrogens (tertiary/aromatic N) is 1. The molecule has 6 nitrogen and oxygen atoms in total. The van der Waals surface area contributed by atoms with Gasteiger partial charge in [-0.3, -0.25) is 14.4 Å². The monoisotopic (exact) mass is 690 g/mol. The van der Waals surface area contributed by atoms with Gasteiger partial charge in [0.15, 0.2) is 23.9 Å². The first-order valence-electron chi connectivity index (χ1n) is 15.7. The molecule has 6 rings (SSSR count). The molecule has 47 heavy (non-hydrogen) atoms. The lowest BCUT2D eigenvalue weighted by molar-refractivity contribution is -0.120. The van der Waals surface area contributed by atoms with E-state index < -0.39 is 11.8 Å². The molecule has 0 atom stereocenters. The molecule has 0 unspecified atom stereocenters. The Kier molecular flexibility index (Phi) is 9.07. The van der Waals surface area contributed by atoms with E-state index in [-0.39, 0.29) is 44.8 Å². The number of hydrogen-bond donors (Lipinski definition) is 1. The summed E-state index contributed by atoms with van der Waals surface area (Å²) < 4.78 is 5.79. The van der Waals surface area contributed by atoms with E-state index in [4.69, 9.17) is 39.5 Å². The van der Waals surface area contributed by atoms with Crippen LogP contribution in [-0.2, 0) is 20.9 Å². The van der Waals surface area contributed by atoms with Crippen LogP contribution in [0.5, 0.6) is 5.75 Å². The van der Waals surface area contributed by atoms with Crippen molar-refractivity contribution < 1.29 is 19.1 Å². The number of amides is 1. The number of para-hydroxylation sites is 1. The zero-order valence-electron chi connectivity index (χ0n) is 26.9. The summed E-state index contributed by atoms with van der Waals surface area (Å²) in [7, 11) is 0. The number of Topliss-reactive ketones (excluding diaryl/α,β-unsaturated/α-hetero) is 2. The maximum absolute atomic E-state index is 14.2. The van der Waals surface area contributed by atoms with Gasteiger partial charge in [-0.05, 0) is 59.1 Å². The second kappa shape index (κ2) is 12.8. The van der Waals surface area contributed by atoms with Crippen LogP contribution in [0.4, 0.5) is 5.69 Å². The molecule has 0 radical (unpaired) electrons. The zero-order chi connectivity index (χ0) is 33.7. The van der Waals surface area contributed by atoms with E-state index in [0.717, 1.165) is 17.0 Å². The van der Waals surface area contributed by atoms with Crippen LogP contribution in [0.3, 0.4) is 0 Å². The van der Waals surface area contributed by atoms with E-state index in [1.807, 2.05) is 18.2 Å². The number of halogens is 3. The second-order valence-electron chi connectivity index (χ2n) is 14.2. The number of carbonyl (C=O) groups excluding carboxylic acids is 3. The molecular weight excluding hydrogens is 655 g/mol. The smallest absolute Gasteiger partial charge is 0.262 e. The molecule has 9 heteroatoms. The van der Waals surface area contributed by atoms with Crippen LogP contribution in [0.25, 0.3) is 0 Å². The molecular formula is C38H37Cl3N2O4. The van der Waals surface area contributed by atoms with Gasteiger partial charge < -0.3 is 15.0 Å². The Labute approximate surface area is 290 Å². The van der Waals surface area contributed by atoms with Crippen LogP contribution in [0.1, 0.15) is 70.4 Å². The number of ether oxygens (including phenoxy) is 1. The fourth-order valence-corrected chi connectivity index (χ4v) is 7.90. The van der Waals surface area contributed by atoms with E-state index in [1.165, 1.54) is 0 Å². The van der Waals surface area contributed by atoms with Gasteiger partial charge in [-0.25, -0.2) is 0 Å². The maximum Gasteiger partial charge on any atom is 0.262 e. The van der Waals surface area contributed by atoms with Crippen molar-refractivity contribution in [1.82, 2.24) is 4.90 Å². The summed E-state index contributed by atoms with van der Waals surface area (Å²) in [6, 6.07) is 20.5.